The number of ether oxygens (including phenoxy) is 1. The Bertz CT molecular complexity index is 463. The van der Waals surface area contributed by atoms with Crippen molar-refractivity contribution in [3.63, 3.8) is 0 Å². The van der Waals surface area contributed by atoms with Crippen molar-refractivity contribution in [1.29, 1.82) is 0 Å². The van der Waals surface area contributed by atoms with Crippen LogP contribution in [0.2, 0.25) is 0 Å². The Hall–Kier alpha value is -1.42. The van der Waals surface area contributed by atoms with E-state index < -0.39 is 0 Å². The minimum atomic E-state index is 0.762. The highest BCUT2D eigenvalue weighted by atomic mass is 16.5. The summed E-state index contributed by atoms with van der Waals surface area (Å²) in [6, 6.07) is 8.41. The summed E-state index contributed by atoms with van der Waals surface area (Å²) in [6.45, 7) is 5.05. The second-order valence-electron chi connectivity index (χ2n) is 6.25. The smallest absolute Gasteiger partial charge is 0.119 e. The molecule has 1 aromatic rings. The third-order valence-corrected chi connectivity index (χ3v) is 4.49. The van der Waals surface area contributed by atoms with E-state index in [1.807, 2.05) is 6.92 Å². The van der Waals surface area contributed by atoms with Crippen LogP contribution in [0, 0.1) is 23.7 Å². The van der Waals surface area contributed by atoms with Crippen molar-refractivity contribution in [2.45, 2.75) is 58.8 Å². The topological polar surface area (TPSA) is 9.23 Å². The van der Waals surface area contributed by atoms with Crippen LogP contribution in [0.5, 0.6) is 5.75 Å². The number of hydrogen-bond acceptors (Lipinski definition) is 1. The summed E-state index contributed by atoms with van der Waals surface area (Å²) in [4.78, 5) is 0. The molecule has 1 fully saturated rings. The number of rotatable bonds is 7. The highest BCUT2D eigenvalue weighted by Gasteiger charge is 2.24. The number of benzene rings is 1. The first-order valence-corrected chi connectivity index (χ1v) is 8.43. The van der Waals surface area contributed by atoms with E-state index >= 15 is 0 Å². The van der Waals surface area contributed by atoms with Gasteiger partial charge in [-0.05, 0) is 49.3 Å². The van der Waals surface area contributed by atoms with Gasteiger partial charge in [0.2, 0.25) is 0 Å². The first kappa shape index (κ1) is 16.0. The molecule has 1 saturated carbocycles. The lowest BCUT2D eigenvalue weighted by Crippen LogP contribution is -2.09. The van der Waals surface area contributed by atoms with Gasteiger partial charge in [0.25, 0.3) is 0 Å². The predicted octanol–water partition coefficient (Wildman–Crippen LogP) is 5.24. The fourth-order valence-electron chi connectivity index (χ4n) is 3.19. The van der Waals surface area contributed by atoms with Gasteiger partial charge in [-0.25, -0.2) is 0 Å². The second-order valence-corrected chi connectivity index (χ2v) is 6.25. The van der Waals surface area contributed by atoms with E-state index in [1.165, 1.54) is 44.1 Å². The van der Waals surface area contributed by atoms with Crippen LogP contribution in [-0.2, 0) is 6.42 Å². The minimum Gasteiger partial charge on any atom is -0.493 e. The molecule has 0 N–H and O–H groups in total. The molecule has 1 nitrogen and oxygen atoms in total. The summed E-state index contributed by atoms with van der Waals surface area (Å²) in [5.41, 5.74) is 1.26. The van der Waals surface area contributed by atoms with Gasteiger partial charge >= 0.3 is 0 Å². The van der Waals surface area contributed by atoms with E-state index in [-0.39, 0.29) is 0 Å². The van der Waals surface area contributed by atoms with Gasteiger partial charge in [-0.3, -0.25) is 0 Å². The van der Waals surface area contributed by atoms with Gasteiger partial charge in [0, 0.05) is 6.42 Å². The van der Waals surface area contributed by atoms with E-state index in [9.17, 15) is 0 Å². The third kappa shape index (κ3) is 5.46. The molecule has 1 aromatic carbocycles. The zero-order chi connectivity index (χ0) is 14.9. The first-order chi connectivity index (χ1) is 10.3. The van der Waals surface area contributed by atoms with Gasteiger partial charge in [0.1, 0.15) is 5.75 Å². The largest absolute Gasteiger partial charge is 0.493 e. The molecule has 21 heavy (non-hydrogen) atoms. The Labute approximate surface area is 130 Å². The third-order valence-electron chi connectivity index (χ3n) is 4.49. The van der Waals surface area contributed by atoms with Crippen molar-refractivity contribution < 1.29 is 4.74 Å². The molecule has 0 radical (unpaired) electrons. The molecule has 0 heterocycles. The Kier molecular flexibility index (Phi) is 6.67. The summed E-state index contributed by atoms with van der Waals surface area (Å²) in [6.07, 6.45) is 9.08. The lowest BCUT2D eigenvalue weighted by molar-refractivity contribution is 0.247. The van der Waals surface area contributed by atoms with E-state index in [0.29, 0.717) is 0 Å². The molecule has 2 unspecified atom stereocenters. The molecule has 0 aliphatic heterocycles. The summed E-state index contributed by atoms with van der Waals surface area (Å²) in [5, 5.41) is 0. The summed E-state index contributed by atoms with van der Waals surface area (Å²) >= 11 is 0. The molecular formula is C20H28O. The average Bonchev–Trinajstić information content (AvgIpc) is 2.98. The highest BCUT2D eigenvalue weighted by Crippen LogP contribution is 2.34. The van der Waals surface area contributed by atoms with Crippen LogP contribution in [0.1, 0.15) is 57.9 Å². The molecular weight excluding hydrogens is 256 g/mol. The molecule has 1 heteroatoms. The van der Waals surface area contributed by atoms with E-state index in [4.69, 9.17) is 4.74 Å². The monoisotopic (exact) mass is 284 g/mol. The zero-order valence-electron chi connectivity index (χ0n) is 13.5. The van der Waals surface area contributed by atoms with Crippen LogP contribution in [0.15, 0.2) is 24.3 Å². The van der Waals surface area contributed by atoms with E-state index in [0.717, 1.165) is 30.6 Å². The highest BCUT2D eigenvalue weighted by molar-refractivity contribution is 5.29. The van der Waals surface area contributed by atoms with Gasteiger partial charge in [-0.1, -0.05) is 50.7 Å². The van der Waals surface area contributed by atoms with E-state index in [1.54, 1.807) is 0 Å². The zero-order valence-corrected chi connectivity index (χ0v) is 13.5. The first-order valence-electron chi connectivity index (χ1n) is 8.43. The molecule has 2 atom stereocenters. The average molecular weight is 284 g/mol. The molecule has 114 valence electrons. The van der Waals surface area contributed by atoms with Crippen molar-refractivity contribution in [1.82, 2.24) is 0 Å². The lowest BCUT2D eigenvalue weighted by Gasteiger charge is -2.13. The Balaban J connectivity index is 1.72. The Morgan fingerprint density at radius 1 is 1.14 bits per heavy atom. The normalized spacial score (nSPS) is 20.9. The standard InChI is InChI=1S/C20H28O/c1-3-5-7-17-11-13-20(14-12-17)21-16-19-10-9-18(15-19)8-6-4-2/h11-14,18-19H,4,6-10,15-16H2,1-2H3. The van der Waals surface area contributed by atoms with Gasteiger partial charge < -0.3 is 4.74 Å². The van der Waals surface area contributed by atoms with Crippen molar-refractivity contribution >= 4 is 0 Å². The minimum absolute atomic E-state index is 0.762. The van der Waals surface area contributed by atoms with Crippen LogP contribution in [0.3, 0.4) is 0 Å². The summed E-state index contributed by atoms with van der Waals surface area (Å²) in [7, 11) is 0. The number of unbranched alkanes of at least 4 members (excludes halogenated alkanes) is 1. The maximum atomic E-state index is 5.97. The molecule has 1 aliphatic rings. The lowest BCUT2D eigenvalue weighted by atomic mass is 9.99. The summed E-state index contributed by atoms with van der Waals surface area (Å²) < 4.78 is 5.97. The Morgan fingerprint density at radius 3 is 2.62 bits per heavy atom. The summed E-state index contributed by atoms with van der Waals surface area (Å²) in [5.74, 6) is 8.74. The Morgan fingerprint density at radius 2 is 1.90 bits per heavy atom. The maximum Gasteiger partial charge on any atom is 0.119 e. The second kappa shape index (κ2) is 8.78. The molecule has 0 bridgehead atoms. The number of hydrogen-bond donors (Lipinski definition) is 0. The molecule has 0 amide bonds. The van der Waals surface area contributed by atoms with Crippen molar-refractivity contribution in [2.75, 3.05) is 6.61 Å². The molecule has 0 spiro atoms. The van der Waals surface area contributed by atoms with Crippen LogP contribution >= 0.6 is 0 Å². The molecule has 0 aromatic heterocycles. The quantitative estimate of drug-likeness (QED) is 0.622. The fourth-order valence-corrected chi connectivity index (χ4v) is 3.19. The van der Waals surface area contributed by atoms with Crippen LogP contribution in [0.25, 0.3) is 0 Å². The SMILES string of the molecule is CC#CCc1ccc(OCC2CCC(CCCC)C2)cc1. The van der Waals surface area contributed by atoms with Gasteiger partial charge in [-0.15, -0.1) is 5.92 Å². The van der Waals surface area contributed by atoms with Crippen LogP contribution in [0.4, 0.5) is 0 Å². The molecule has 2 rings (SSSR count). The van der Waals surface area contributed by atoms with E-state index in [2.05, 4.69) is 43.0 Å². The van der Waals surface area contributed by atoms with Gasteiger partial charge in [-0.2, -0.15) is 0 Å². The predicted molar refractivity (Wildman–Crippen MR) is 89.4 cm³/mol. The maximum absolute atomic E-state index is 5.97. The van der Waals surface area contributed by atoms with Gasteiger partial charge in [0.05, 0.1) is 6.61 Å². The van der Waals surface area contributed by atoms with Gasteiger partial charge in [0.15, 0.2) is 0 Å². The van der Waals surface area contributed by atoms with Crippen LogP contribution in [-0.4, -0.2) is 6.61 Å². The van der Waals surface area contributed by atoms with Crippen molar-refractivity contribution in [2.24, 2.45) is 11.8 Å². The molecule has 1 aliphatic carbocycles. The van der Waals surface area contributed by atoms with Crippen LogP contribution < -0.4 is 4.74 Å². The van der Waals surface area contributed by atoms with Crippen molar-refractivity contribution in [3.8, 4) is 17.6 Å². The molecule has 0 saturated heterocycles. The van der Waals surface area contributed by atoms with Crippen molar-refractivity contribution in [3.05, 3.63) is 29.8 Å². The fraction of sp³-hybridized carbons (Fsp3) is 0.600.